The van der Waals surface area contributed by atoms with Crippen molar-refractivity contribution in [3.8, 4) is 34.0 Å². The van der Waals surface area contributed by atoms with Gasteiger partial charge in [0.1, 0.15) is 12.5 Å². The zero-order chi connectivity index (χ0) is 30.7. The molecule has 0 spiro atoms. The molecule has 0 aliphatic carbocycles. The van der Waals surface area contributed by atoms with Crippen molar-refractivity contribution in [2.45, 2.75) is 0 Å². The molecule has 0 radical (unpaired) electrons. The van der Waals surface area contributed by atoms with Crippen LogP contribution in [0.1, 0.15) is 22.8 Å². The first kappa shape index (κ1) is 27.0. The smallest absolute Gasteiger partial charge is 0.226 e. The van der Waals surface area contributed by atoms with Crippen LogP contribution in [-0.4, -0.2) is 29.9 Å². The van der Waals surface area contributed by atoms with Crippen molar-refractivity contribution in [3.63, 3.8) is 0 Å². The van der Waals surface area contributed by atoms with Gasteiger partial charge in [0.15, 0.2) is 0 Å². The first-order valence-corrected chi connectivity index (χ1v) is 14.8. The Labute approximate surface area is 263 Å². The standard InChI is InChI=1S/C20H14N4.C18H12N2O2/c1-2-14-10-16-5-6-18(23-16)12-20-8-7-19(24-20)11-17-4-3-15(22-17)9-13(1)21-14;1-2-4-13(5-3-1)16-12-14(17-19-8-10-21-17)6-7-15(16)18-20-9-11-22-18/h1-12,21-22H;1-12H. The van der Waals surface area contributed by atoms with E-state index >= 15 is 0 Å². The topological polar surface area (TPSA) is 109 Å². The van der Waals surface area contributed by atoms with Gasteiger partial charge < -0.3 is 18.8 Å². The van der Waals surface area contributed by atoms with Gasteiger partial charge in [-0.25, -0.2) is 19.9 Å². The number of oxazole rings is 2. The number of nitrogens with zero attached hydrogens (tertiary/aromatic N) is 4. The second-order valence-electron chi connectivity index (χ2n) is 10.7. The number of fused-ring (bicyclic) bond motifs is 8. The van der Waals surface area contributed by atoms with Gasteiger partial charge in [-0.15, -0.1) is 0 Å². The molecule has 2 aliphatic rings. The summed E-state index contributed by atoms with van der Waals surface area (Å²) in [6.07, 6.45) is 14.5. The van der Waals surface area contributed by atoms with Crippen LogP contribution in [0.3, 0.4) is 0 Å². The van der Waals surface area contributed by atoms with E-state index in [2.05, 4.69) is 72.4 Å². The van der Waals surface area contributed by atoms with E-state index in [9.17, 15) is 0 Å². The fourth-order valence-electron chi connectivity index (χ4n) is 5.39. The Kier molecular flexibility index (Phi) is 6.97. The molecule has 5 aromatic heterocycles. The van der Waals surface area contributed by atoms with Crippen LogP contribution in [0.25, 0.3) is 80.4 Å². The summed E-state index contributed by atoms with van der Waals surface area (Å²) in [7, 11) is 0. The van der Waals surface area contributed by atoms with E-state index in [1.165, 1.54) is 0 Å². The highest BCUT2D eigenvalue weighted by Crippen LogP contribution is 2.34. The van der Waals surface area contributed by atoms with E-state index in [1.807, 2.05) is 78.9 Å². The molecule has 7 aromatic rings. The van der Waals surface area contributed by atoms with Gasteiger partial charge in [-0.3, -0.25) is 0 Å². The Morgan fingerprint density at radius 1 is 0.435 bits per heavy atom. The van der Waals surface area contributed by atoms with Gasteiger partial charge in [-0.05, 0) is 102 Å². The lowest BCUT2D eigenvalue weighted by atomic mass is 9.97. The molecule has 9 rings (SSSR count). The Morgan fingerprint density at radius 3 is 1.54 bits per heavy atom. The van der Waals surface area contributed by atoms with Crippen LogP contribution in [0.5, 0.6) is 0 Å². The van der Waals surface area contributed by atoms with Crippen molar-refractivity contribution < 1.29 is 8.83 Å². The Balaban J connectivity index is 0.000000136. The summed E-state index contributed by atoms with van der Waals surface area (Å²) in [5.41, 5.74) is 11.8. The van der Waals surface area contributed by atoms with Gasteiger partial charge in [-0.1, -0.05) is 30.3 Å². The minimum atomic E-state index is 0.594. The van der Waals surface area contributed by atoms with Gasteiger partial charge >= 0.3 is 0 Å². The van der Waals surface area contributed by atoms with Gasteiger partial charge in [0.05, 0.1) is 35.2 Å². The lowest BCUT2D eigenvalue weighted by Crippen LogP contribution is -1.87. The molecule has 0 unspecified atom stereocenters. The molecule has 7 heterocycles. The third-order valence-electron chi connectivity index (χ3n) is 7.49. The predicted octanol–water partition coefficient (Wildman–Crippen LogP) is 9.32. The monoisotopic (exact) mass is 598 g/mol. The summed E-state index contributed by atoms with van der Waals surface area (Å²) in [6, 6.07) is 32.5. The Morgan fingerprint density at radius 2 is 0.978 bits per heavy atom. The molecule has 0 saturated heterocycles. The predicted molar refractivity (Wildman–Crippen MR) is 182 cm³/mol. The molecule has 2 aromatic carbocycles. The van der Waals surface area contributed by atoms with Crippen molar-refractivity contribution in [3.05, 3.63) is 145 Å². The van der Waals surface area contributed by atoms with Gasteiger partial charge in [0.2, 0.25) is 11.8 Å². The molecule has 2 N–H and O–H groups in total. The fraction of sp³-hybridized carbons (Fsp3) is 0. The van der Waals surface area contributed by atoms with E-state index in [0.29, 0.717) is 11.8 Å². The van der Waals surface area contributed by atoms with E-state index in [4.69, 9.17) is 8.83 Å². The number of rotatable bonds is 3. The lowest BCUT2D eigenvalue weighted by Gasteiger charge is -2.09. The number of aromatic amines is 2. The number of benzene rings is 2. The number of hydrogen-bond acceptors (Lipinski definition) is 6. The first-order chi connectivity index (χ1) is 22.7. The summed E-state index contributed by atoms with van der Waals surface area (Å²) in [6.45, 7) is 0. The Hall–Kier alpha value is -6.54. The molecule has 0 saturated carbocycles. The molecular formula is C38H26N6O2. The van der Waals surface area contributed by atoms with Gasteiger partial charge in [0.25, 0.3) is 0 Å². The SMILES string of the molecule is C1=Cc2cc3ccc(cc4ccc(cc5nc(cc1n2)C=C5)[nH]4)[nH]3.c1ccc(-c2cc(-c3ncco3)ccc2-c2ncco2)cc1. The summed E-state index contributed by atoms with van der Waals surface area (Å²) in [4.78, 5) is 24.5. The lowest BCUT2D eigenvalue weighted by molar-refractivity contribution is 0.573. The van der Waals surface area contributed by atoms with Gasteiger partial charge in [0, 0.05) is 33.2 Å². The first-order valence-electron chi connectivity index (χ1n) is 14.8. The van der Waals surface area contributed by atoms with E-state index in [0.717, 1.165) is 67.1 Å². The normalized spacial score (nSPS) is 11.7. The van der Waals surface area contributed by atoms with E-state index in [1.54, 1.807) is 24.9 Å². The van der Waals surface area contributed by atoms with Crippen molar-refractivity contribution in [2.24, 2.45) is 0 Å². The van der Waals surface area contributed by atoms with Crippen LogP contribution in [-0.2, 0) is 0 Å². The molecule has 0 amide bonds. The molecule has 8 bridgehead atoms. The maximum Gasteiger partial charge on any atom is 0.226 e. The number of nitrogens with one attached hydrogen (secondary N) is 2. The van der Waals surface area contributed by atoms with Crippen molar-refractivity contribution in [1.29, 1.82) is 0 Å². The van der Waals surface area contributed by atoms with Crippen LogP contribution in [0.2, 0.25) is 0 Å². The summed E-state index contributed by atoms with van der Waals surface area (Å²) >= 11 is 0. The maximum atomic E-state index is 5.46. The Bertz CT molecular complexity index is 2270. The van der Waals surface area contributed by atoms with Crippen LogP contribution in [0.15, 0.2) is 131 Å². The van der Waals surface area contributed by atoms with Crippen molar-refractivity contribution in [1.82, 2.24) is 29.9 Å². The summed E-state index contributed by atoms with van der Waals surface area (Å²) in [5.74, 6) is 1.19. The van der Waals surface area contributed by atoms with E-state index < -0.39 is 0 Å². The molecule has 46 heavy (non-hydrogen) atoms. The quantitative estimate of drug-likeness (QED) is 0.210. The zero-order valence-electron chi connectivity index (χ0n) is 24.5. The molecule has 8 nitrogen and oxygen atoms in total. The minimum Gasteiger partial charge on any atom is -0.445 e. The van der Waals surface area contributed by atoms with Crippen LogP contribution in [0, 0.1) is 0 Å². The minimum absolute atomic E-state index is 0.594. The average molecular weight is 599 g/mol. The van der Waals surface area contributed by atoms with Crippen LogP contribution in [0.4, 0.5) is 0 Å². The largest absolute Gasteiger partial charge is 0.445 e. The zero-order valence-corrected chi connectivity index (χ0v) is 24.5. The number of H-pyrrole nitrogens is 2. The molecule has 0 atom stereocenters. The summed E-state index contributed by atoms with van der Waals surface area (Å²) < 4.78 is 10.9. The highest BCUT2D eigenvalue weighted by molar-refractivity contribution is 5.83. The van der Waals surface area contributed by atoms with E-state index in [-0.39, 0.29) is 0 Å². The highest BCUT2D eigenvalue weighted by atomic mass is 16.3. The maximum absolute atomic E-state index is 5.46. The second-order valence-corrected chi connectivity index (χ2v) is 10.7. The number of hydrogen-bond donors (Lipinski definition) is 2. The average Bonchev–Trinajstić information content (AvgIpc) is 3.92. The molecule has 220 valence electrons. The molecule has 2 aliphatic heterocycles. The molecule has 8 heteroatoms. The molecule has 0 fully saturated rings. The van der Waals surface area contributed by atoms with Crippen LogP contribution < -0.4 is 0 Å². The fourth-order valence-corrected chi connectivity index (χ4v) is 5.39. The third-order valence-corrected chi connectivity index (χ3v) is 7.49. The third kappa shape index (κ3) is 5.82. The number of aromatic nitrogens is 6. The van der Waals surface area contributed by atoms with Crippen molar-refractivity contribution >= 4 is 46.4 Å². The molecular weight excluding hydrogens is 572 g/mol. The van der Waals surface area contributed by atoms with Crippen molar-refractivity contribution in [2.75, 3.05) is 0 Å². The van der Waals surface area contributed by atoms with Gasteiger partial charge in [-0.2, -0.15) is 0 Å². The van der Waals surface area contributed by atoms with Crippen LogP contribution >= 0.6 is 0 Å². The summed E-state index contributed by atoms with van der Waals surface area (Å²) in [5, 5.41) is 0. The second kappa shape index (κ2) is 11.9. The highest BCUT2D eigenvalue weighted by Gasteiger charge is 2.14.